The van der Waals surface area contributed by atoms with Gasteiger partial charge < -0.3 is 5.32 Å². The van der Waals surface area contributed by atoms with Crippen LogP contribution >= 0.6 is 22.6 Å². The van der Waals surface area contributed by atoms with Crippen molar-refractivity contribution < 1.29 is 4.79 Å². The fourth-order valence-electron chi connectivity index (χ4n) is 2.70. The van der Waals surface area contributed by atoms with Crippen molar-refractivity contribution >= 4 is 39.8 Å². The van der Waals surface area contributed by atoms with Gasteiger partial charge in [-0.05, 0) is 58.0 Å². The second-order valence-corrected chi connectivity index (χ2v) is 6.73. The predicted octanol–water partition coefficient (Wildman–Crippen LogP) is 4.86. The Morgan fingerprint density at radius 2 is 1.76 bits per heavy atom. The number of hydrogen-bond acceptors (Lipinski definition) is 2. The molecule has 0 saturated heterocycles. The van der Waals surface area contributed by atoms with Gasteiger partial charge in [0.05, 0.1) is 11.8 Å². The van der Waals surface area contributed by atoms with Gasteiger partial charge in [0.2, 0.25) is 0 Å². The van der Waals surface area contributed by atoms with Crippen molar-refractivity contribution in [3.8, 4) is 11.1 Å². The third-order valence-electron chi connectivity index (χ3n) is 3.95. The van der Waals surface area contributed by atoms with Crippen LogP contribution in [0.2, 0.25) is 0 Å². The van der Waals surface area contributed by atoms with Crippen molar-refractivity contribution in [1.82, 2.24) is 9.38 Å². The van der Waals surface area contributed by atoms with E-state index in [0.29, 0.717) is 5.56 Å². The minimum atomic E-state index is -0.142. The number of carbonyl (C=O) groups excluding carboxylic acids is 1. The molecule has 2 heterocycles. The Bertz CT molecular complexity index is 1060. The molecule has 0 saturated carbocycles. The number of carbonyl (C=O) groups is 1. The summed E-state index contributed by atoms with van der Waals surface area (Å²) in [5, 5.41) is 2.97. The quantitative estimate of drug-likeness (QED) is 0.464. The second kappa shape index (κ2) is 6.68. The van der Waals surface area contributed by atoms with E-state index < -0.39 is 0 Å². The summed E-state index contributed by atoms with van der Waals surface area (Å²) >= 11 is 2.20. The smallest absolute Gasteiger partial charge is 0.257 e. The Hall–Kier alpha value is -2.67. The van der Waals surface area contributed by atoms with Crippen LogP contribution in [0.5, 0.6) is 0 Å². The van der Waals surface area contributed by atoms with Crippen LogP contribution in [0, 0.1) is 3.70 Å². The molecule has 0 aliphatic heterocycles. The summed E-state index contributed by atoms with van der Waals surface area (Å²) in [4.78, 5) is 16.9. The van der Waals surface area contributed by atoms with E-state index in [1.807, 2.05) is 52.9 Å². The molecule has 0 aliphatic carbocycles. The van der Waals surface area contributed by atoms with Crippen molar-refractivity contribution in [2.75, 3.05) is 5.32 Å². The fourth-order valence-corrected chi connectivity index (χ4v) is 3.22. The number of nitrogens with one attached hydrogen (secondary N) is 1. The highest BCUT2D eigenvalue weighted by atomic mass is 127. The molecular formula is C20H14IN3O. The van der Waals surface area contributed by atoms with E-state index in [1.54, 1.807) is 18.5 Å². The van der Waals surface area contributed by atoms with E-state index in [4.69, 9.17) is 0 Å². The Balaban J connectivity index is 1.61. The third kappa shape index (κ3) is 3.28. The average molecular weight is 439 g/mol. The Morgan fingerprint density at radius 3 is 2.60 bits per heavy atom. The molecule has 0 radical (unpaired) electrons. The number of rotatable bonds is 3. The number of aromatic nitrogens is 2. The predicted molar refractivity (Wildman–Crippen MR) is 108 cm³/mol. The van der Waals surface area contributed by atoms with Crippen LogP contribution in [0.1, 0.15) is 10.4 Å². The summed E-state index contributed by atoms with van der Waals surface area (Å²) in [5.74, 6) is -0.142. The van der Waals surface area contributed by atoms with Crippen molar-refractivity contribution in [2.45, 2.75) is 0 Å². The number of halogens is 1. The van der Waals surface area contributed by atoms with E-state index in [1.165, 1.54) is 0 Å². The molecule has 0 spiro atoms. The van der Waals surface area contributed by atoms with Crippen molar-refractivity contribution in [1.29, 1.82) is 0 Å². The topological polar surface area (TPSA) is 46.4 Å². The first-order valence-electron chi connectivity index (χ1n) is 7.80. The van der Waals surface area contributed by atoms with Crippen molar-refractivity contribution in [2.24, 2.45) is 0 Å². The zero-order valence-corrected chi connectivity index (χ0v) is 15.3. The molecule has 1 N–H and O–H groups in total. The standard InChI is InChI=1S/C20H14IN3O/c21-18-12-22-19-10-9-16(13-24(18)19)20(25)23-17-8-4-7-15(11-17)14-5-2-1-3-6-14/h1-13H,(H,23,25). The first-order chi connectivity index (χ1) is 12.2. The summed E-state index contributed by atoms with van der Waals surface area (Å²) in [7, 11) is 0. The molecule has 0 atom stereocenters. The molecule has 5 heteroatoms. The van der Waals surface area contributed by atoms with Gasteiger partial charge in [-0.25, -0.2) is 4.98 Å². The number of benzene rings is 2. The van der Waals surface area contributed by atoms with Crippen LogP contribution in [-0.2, 0) is 0 Å². The van der Waals surface area contributed by atoms with Crippen molar-refractivity contribution in [3.05, 3.63) is 88.4 Å². The minimum Gasteiger partial charge on any atom is -0.322 e. The molecule has 0 fully saturated rings. The van der Waals surface area contributed by atoms with Gasteiger partial charge in [0, 0.05) is 11.9 Å². The number of nitrogens with zero attached hydrogens (tertiary/aromatic N) is 2. The maximum absolute atomic E-state index is 12.6. The highest BCUT2D eigenvalue weighted by molar-refractivity contribution is 14.1. The lowest BCUT2D eigenvalue weighted by atomic mass is 10.1. The lowest BCUT2D eigenvalue weighted by molar-refractivity contribution is 0.102. The lowest BCUT2D eigenvalue weighted by Gasteiger charge is -2.08. The highest BCUT2D eigenvalue weighted by Gasteiger charge is 2.09. The molecule has 4 nitrogen and oxygen atoms in total. The number of pyridine rings is 1. The Morgan fingerprint density at radius 1 is 0.960 bits per heavy atom. The third-order valence-corrected chi connectivity index (χ3v) is 4.75. The van der Waals surface area contributed by atoms with Crippen LogP contribution in [0.3, 0.4) is 0 Å². The first-order valence-corrected chi connectivity index (χ1v) is 8.88. The number of imidazole rings is 1. The van der Waals surface area contributed by atoms with E-state index in [2.05, 4.69) is 45.0 Å². The number of hydrogen-bond donors (Lipinski definition) is 1. The SMILES string of the molecule is O=C(Nc1cccc(-c2ccccc2)c1)c1ccc2ncc(I)n2c1. The zero-order chi connectivity index (χ0) is 17.2. The van der Waals surface area contributed by atoms with Gasteiger partial charge in [0.25, 0.3) is 5.91 Å². The lowest BCUT2D eigenvalue weighted by Crippen LogP contribution is -2.12. The molecule has 4 aromatic rings. The van der Waals surface area contributed by atoms with Gasteiger partial charge in [-0.1, -0.05) is 42.5 Å². The van der Waals surface area contributed by atoms with Gasteiger partial charge >= 0.3 is 0 Å². The molecule has 2 aromatic heterocycles. The molecule has 0 unspecified atom stereocenters. The molecule has 2 aromatic carbocycles. The van der Waals surface area contributed by atoms with Crippen LogP contribution in [0.4, 0.5) is 5.69 Å². The van der Waals surface area contributed by atoms with Gasteiger partial charge in [-0.15, -0.1) is 0 Å². The normalized spacial score (nSPS) is 10.8. The van der Waals surface area contributed by atoms with E-state index >= 15 is 0 Å². The number of anilines is 1. The Labute approximate surface area is 158 Å². The number of amides is 1. The summed E-state index contributed by atoms with van der Waals surface area (Å²) in [6, 6.07) is 21.6. The zero-order valence-electron chi connectivity index (χ0n) is 13.2. The molecule has 0 bridgehead atoms. The monoisotopic (exact) mass is 439 g/mol. The van der Waals surface area contributed by atoms with Crippen LogP contribution in [-0.4, -0.2) is 15.3 Å². The minimum absolute atomic E-state index is 0.142. The average Bonchev–Trinajstić information content (AvgIpc) is 3.03. The summed E-state index contributed by atoms with van der Waals surface area (Å²) < 4.78 is 2.86. The van der Waals surface area contributed by atoms with E-state index in [9.17, 15) is 4.79 Å². The highest BCUT2D eigenvalue weighted by Crippen LogP contribution is 2.22. The summed E-state index contributed by atoms with van der Waals surface area (Å²) in [6.45, 7) is 0. The molecular weight excluding hydrogens is 425 g/mol. The van der Waals surface area contributed by atoms with Crippen molar-refractivity contribution in [3.63, 3.8) is 0 Å². The van der Waals surface area contributed by atoms with Crippen LogP contribution in [0.15, 0.2) is 79.1 Å². The molecule has 4 rings (SSSR count). The van der Waals surface area contributed by atoms with Gasteiger partial charge in [-0.3, -0.25) is 9.20 Å². The summed E-state index contributed by atoms with van der Waals surface area (Å²) in [5.41, 5.74) is 4.37. The van der Waals surface area contributed by atoms with Crippen LogP contribution in [0.25, 0.3) is 16.8 Å². The number of fused-ring (bicyclic) bond motifs is 1. The maximum Gasteiger partial charge on any atom is 0.257 e. The largest absolute Gasteiger partial charge is 0.322 e. The Kier molecular flexibility index (Phi) is 4.23. The first kappa shape index (κ1) is 15.8. The molecule has 122 valence electrons. The maximum atomic E-state index is 12.6. The van der Waals surface area contributed by atoms with E-state index in [0.717, 1.165) is 26.2 Å². The molecule has 25 heavy (non-hydrogen) atoms. The molecule has 1 amide bonds. The van der Waals surface area contributed by atoms with Crippen LogP contribution < -0.4 is 5.32 Å². The molecule has 0 aliphatic rings. The van der Waals surface area contributed by atoms with Gasteiger partial charge in [0.1, 0.15) is 9.35 Å². The van der Waals surface area contributed by atoms with Gasteiger partial charge in [0.15, 0.2) is 0 Å². The van der Waals surface area contributed by atoms with Gasteiger partial charge in [-0.2, -0.15) is 0 Å². The van der Waals surface area contributed by atoms with E-state index in [-0.39, 0.29) is 5.91 Å². The summed E-state index contributed by atoms with van der Waals surface area (Å²) in [6.07, 6.45) is 3.58. The second-order valence-electron chi connectivity index (χ2n) is 5.63. The fraction of sp³-hybridized carbons (Fsp3) is 0.